The zero-order valence-corrected chi connectivity index (χ0v) is 20.4. The molecular weight excluding hydrogens is 438 g/mol. The summed E-state index contributed by atoms with van der Waals surface area (Å²) in [6, 6.07) is 18.6. The predicted molar refractivity (Wildman–Crippen MR) is 141 cm³/mol. The van der Waals surface area contributed by atoms with E-state index in [-0.39, 0.29) is 11.9 Å². The maximum atomic E-state index is 12.3. The number of carbonyl (C=O) groups excluding carboxylic acids is 1. The average molecular weight is 472 g/mol. The predicted octanol–water partition coefficient (Wildman–Crippen LogP) is 3.72. The molecule has 0 aliphatic carbocycles. The van der Waals surface area contributed by atoms with Crippen molar-refractivity contribution in [2.24, 2.45) is 0 Å². The minimum atomic E-state index is -0.0930. The van der Waals surface area contributed by atoms with Crippen molar-refractivity contribution in [3.63, 3.8) is 0 Å². The number of nitrogens with one attached hydrogen (secondary N) is 3. The first-order valence-electron chi connectivity index (χ1n) is 12.3. The molecule has 8 nitrogen and oxygen atoms in total. The highest BCUT2D eigenvalue weighted by Gasteiger charge is 2.24. The smallest absolute Gasteiger partial charge is 0.241 e. The quantitative estimate of drug-likeness (QED) is 0.484. The van der Waals surface area contributed by atoms with E-state index in [9.17, 15) is 4.79 Å². The second-order valence-corrected chi connectivity index (χ2v) is 9.51. The molecule has 0 radical (unpaired) electrons. The Morgan fingerprint density at radius 2 is 1.80 bits per heavy atom. The van der Waals surface area contributed by atoms with Gasteiger partial charge in [-0.25, -0.2) is 9.97 Å². The van der Waals surface area contributed by atoms with Crippen molar-refractivity contribution < 1.29 is 4.79 Å². The van der Waals surface area contributed by atoms with Crippen LogP contribution in [0.25, 0.3) is 11.3 Å². The molecule has 182 valence electrons. The molecular formula is C27H33N7O. The zero-order valence-electron chi connectivity index (χ0n) is 20.4. The minimum Gasteiger partial charge on any atom is -0.370 e. The first-order chi connectivity index (χ1) is 17.0. The average Bonchev–Trinajstić information content (AvgIpc) is 3.58. The van der Waals surface area contributed by atoms with Crippen molar-refractivity contribution >= 4 is 28.9 Å². The number of hydrogen-bond acceptors (Lipinski definition) is 7. The SMILES string of the molecule is CN(C)C1CCN(c2ccc(Nc3nccc(-c4ccc(NC(=O)C5CCCN5)cc4)n3)cc2)C1. The Bertz CT molecular complexity index is 1140. The standard InChI is InChI=1S/C27H33N7O/c1-33(2)23-14-17-34(18-23)22-11-9-21(10-12-22)31-27-29-16-13-24(32-27)19-5-7-20(8-6-19)30-26(35)25-4-3-15-28-25/h5-13,16,23,25,28H,3-4,14-15,17-18H2,1-2H3,(H,30,35)(H,29,31,32). The van der Waals surface area contributed by atoms with Crippen LogP contribution in [0, 0.1) is 0 Å². The van der Waals surface area contributed by atoms with E-state index in [4.69, 9.17) is 0 Å². The topological polar surface area (TPSA) is 85.4 Å². The van der Waals surface area contributed by atoms with Gasteiger partial charge in [-0.15, -0.1) is 0 Å². The number of aromatic nitrogens is 2. The molecule has 1 amide bonds. The number of likely N-dealkylation sites (N-methyl/N-ethyl adjacent to an activating group) is 1. The molecule has 2 aliphatic rings. The summed E-state index contributed by atoms with van der Waals surface area (Å²) in [4.78, 5) is 26.1. The lowest BCUT2D eigenvalue weighted by atomic mass is 10.1. The zero-order chi connectivity index (χ0) is 24.2. The molecule has 2 saturated heterocycles. The summed E-state index contributed by atoms with van der Waals surface area (Å²) in [7, 11) is 4.30. The molecule has 2 atom stereocenters. The van der Waals surface area contributed by atoms with Crippen LogP contribution in [0.3, 0.4) is 0 Å². The highest BCUT2D eigenvalue weighted by Crippen LogP contribution is 2.26. The number of hydrogen-bond donors (Lipinski definition) is 3. The third kappa shape index (κ3) is 5.61. The normalized spacial score (nSPS) is 19.8. The molecule has 3 N–H and O–H groups in total. The van der Waals surface area contributed by atoms with E-state index in [1.54, 1.807) is 6.20 Å². The second-order valence-electron chi connectivity index (χ2n) is 9.51. The van der Waals surface area contributed by atoms with Gasteiger partial charge in [0.05, 0.1) is 11.7 Å². The first kappa shape index (κ1) is 23.3. The summed E-state index contributed by atoms with van der Waals surface area (Å²) in [6.45, 7) is 3.05. The van der Waals surface area contributed by atoms with Gasteiger partial charge in [-0.2, -0.15) is 0 Å². The van der Waals surface area contributed by atoms with E-state index in [2.05, 4.69) is 74.1 Å². The van der Waals surface area contributed by atoms with Crippen molar-refractivity contribution in [3.8, 4) is 11.3 Å². The summed E-state index contributed by atoms with van der Waals surface area (Å²) in [5, 5.41) is 9.52. The molecule has 1 aromatic heterocycles. The molecule has 2 fully saturated rings. The Hall–Kier alpha value is -3.49. The molecule has 0 spiro atoms. The van der Waals surface area contributed by atoms with Crippen LogP contribution in [0.4, 0.5) is 23.0 Å². The first-order valence-corrected chi connectivity index (χ1v) is 12.3. The fourth-order valence-electron chi connectivity index (χ4n) is 4.72. The van der Waals surface area contributed by atoms with Crippen molar-refractivity contribution in [2.75, 3.05) is 49.3 Å². The van der Waals surface area contributed by atoms with Crippen molar-refractivity contribution in [1.82, 2.24) is 20.2 Å². The summed E-state index contributed by atoms with van der Waals surface area (Å²) in [5.41, 5.74) is 4.77. The van der Waals surface area contributed by atoms with Gasteiger partial charge >= 0.3 is 0 Å². The largest absolute Gasteiger partial charge is 0.370 e. The third-order valence-corrected chi connectivity index (χ3v) is 6.86. The van der Waals surface area contributed by atoms with E-state index in [1.165, 1.54) is 12.1 Å². The number of benzene rings is 2. The maximum Gasteiger partial charge on any atom is 0.241 e. The Kier molecular flexibility index (Phi) is 6.92. The van der Waals surface area contributed by atoms with Crippen LogP contribution in [0.5, 0.6) is 0 Å². The molecule has 3 aromatic rings. The molecule has 8 heteroatoms. The summed E-state index contributed by atoms with van der Waals surface area (Å²) in [6.07, 6.45) is 4.88. The fourth-order valence-corrected chi connectivity index (χ4v) is 4.72. The Labute approximate surface area is 206 Å². The van der Waals surface area contributed by atoms with Gasteiger partial charge in [0.2, 0.25) is 11.9 Å². The van der Waals surface area contributed by atoms with Gasteiger partial charge < -0.3 is 25.8 Å². The highest BCUT2D eigenvalue weighted by molar-refractivity contribution is 5.95. The maximum absolute atomic E-state index is 12.3. The van der Waals surface area contributed by atoms with Crippen LogP contribution in [-0.2, 0) is 4.79 Å². The highest BCUT2D eigenvalue weighted by atomic mass is 16.2. The molecule has 0 bridgehead atoms. The van der Waals surface area contributed by atoms with Crippen LogP contribution in [0.1, 0.15) is 19.3 Å². The molecule has 0 saturated carbocycles. The van der Waals surface area contributed by atoms with Gasteiger partial charge in [0.15, 0.2) is 0 Å². The molecule has 35 heavy (non-hydrogen) atoms. The molecule has 3 heterocycles. The van der Waals surface area contributed by atoms with E-state index in [1.807, 2.05) is 30.3 Å². The van der Waals surface area contributed by atoms with Crippen molar-refractivity contribution in [2.45, 2.75) is 31.3 Å². The fraction of sp³-hybridized carbons (Fsp3) is 0.370. The van der Waals surface area contributed by atoms with Crippen LogP contribution in [-0.4, -0.2) is 66.6 Å². The van der Waals surface area contributed by atoms with Gasteiger partial charge in [-0.05, 0) is 82.4 Å². The number of rotatable bonds is 7. The van der Waals surface area contributed by atoms with Gasteiger partial charge in [-0.3, -0.25) is 4.79 Å². The lowest BCUT2D eigenvalue weighted by molar-refractivity contribution is -0.117. The van der Waals surface area contributed by atoms with Crippen LogP contribution in [0.15, 0.2) is 60.8 Å². The lowest BCUT2D eigenvalue weighted by Gasteiger charge is -2.22. The third-order valence-electron chi connectivity index (χ3n) is 6.86. The van der Waals surface area contributed by atoms with Crippen LogP contribution in [0.2, 0.25) is 0 Å². The molecule has 2 unspecified atom stereocenters. The second kappa shape index (κ2) is 10.4. The number of amides is 1. The molecule has 5 rings (SSSR count). The number of anilines is 4. The van der Waals surface area contributed by atoms with Gasteiger partial charge in [0.1, 0.15) is 0 Å². The Morgan fingerprint density at radius 1 is 1.03 bits per heavy atom. The minimum absolute atomic E-state index is 0.0250. The van der Waals surface area contributed by atoms with Gasteiger partial charge in [0.25, 0.3) is 0 Å². The van der Waals surface area contributed by atoms with Gasteiger partial charge in [-0.1, -0.05) is 12.1 Å². The Morgan fingerprint density at radius 3 is 2.49 bits per heavy atom. The van der Waals surface area contributed by atoms with E-state index < -0.39 is 0 Å². The van der Waals surface area contributed by atoms with E-state index in [0.29, 0.717) is 12.0 Å². The summed E-state index contributed by atoms with van der Waals surface area (Å²) < 4.78 is 0. The molecule has 2 aliphatic heterocycles. The Balaban J connectivity index is 1.21. The number of carbonyl (C=O) groups is 1. The number of nitrogens with zero attached hydrogens (tertiary/aromatic N) is 4. The van der Waals surface area contributed by atoms with Gasteiger partial charge in [0, 0.05) is 48.0 Å². The van der Waals surface area contributed by atoms with E-state index >= 15 is 0 Å². The summed E-state index contributed by atoms with van der Waals surface area (Å²) in [5.74, 6) is 0.575. The molecule has 2 aromatic carbocycles. The van der Waals surface area contributed by atoms with Crippen molar-refractivity contribution in [1.29, 1.82) is 0 Å². The summed E-state index contributed by atoms with van der Waals surface area (Å²) >= 11 is 0. The van der Waals surface area contributed by atoms with Crippen molar-refractivity contribution in [3.05, 3.63) is 60.8 Å². The monoisotopic (exact) mass is 471 g/mol. The van der Waals surface area contributed by atoms with Crippen LogP contribution >= 0.6 is 0 Å². The van der Waals surface area contributed by atoms with Crippen LogP contribution < -0.4 is 20.9 Å². The van der Waals surface area contributed by atoms with E-state index in [0.717, 1.165) is 55.1 Å². The lowest BCUT2D eigenvalue weighted by Crippen LogP contribution is -2.35.